The number of carbonyl (C=O) groups excluding carboxylic acids is 1. The van der Waals surface area contributed by atoms with E-state index in [4.69, 9.17) is 9.47 Å². The fraction of sp³-hybridized carbons (Fsp3) is 0.438. The lowest BCUT2D eigenvalue weighted by Crippen LogP contribution is -2.41. The summed E-state index contributed by atoms with van der Waals surface area (Å²) in [6, 6.07) is 9.71. The molecular formula is C16H21NO3. The summed E-state index contributed by atoms with van der Waals surface area (Å²) in [6.45, 7) is 6.00. The number of rotatable bonds is 5. The molecule has 4 heteroatoms. The van der Waals surface area contributed by atoms with Gasteiger partial charge in [0.1, 0.15) is 6.10 Å². The fourth-order valence-electron chi connectivity index (χ4n) is 2.15. The van der Waals surface area contributed by atoms with Crippen LogP contribution in [0.4, 0.5) is 0 Å². The van der Waals surface area contributed by atoms with Gasteiger partial charge in [-0.25, -0.2) is 4.79 Å². The zero-order valence-corrected chi connectivity index (χ0v) is 11.8. The van der Waals surface area contributed by atoms with Crippen LogP contribution in [0, 0.1) is 0 Å². The molecule has 1 aromatic carbocycles. The first-order valence-corrected chi connectivity index (χ1v) is 6.98. The van der Waals surface area contributed by atoms with Gasteiger partial charge in [-0.15, -0.1) is 0 Å². The second kappa shape index (κ2) is 7.82. The van der Waals surface area contributed by atoms with Crippen molar-refractivity contribution in [2.45, 2.75) is 13.0 Å². The van der Waals surface area contributed by atoms with Crippen molar-refractivity contribution in [3.8, 4) is 0 Å². The van der Waals surface area contributed by atoms with Gasteiger partial charge >= 0.3 is 5.97 Å². The van der Waals surface area contributed by atoms with Crippen LogP contribution in [0.5, 0.6) is 0 Å². The maximum atomic E-state index is 11.7. The highest BCUT2D eigenvalue weighted by molar-refractivity contribution is 5.87. The van der Waals surface area contributed by atoms with Crippen LogP contribution < -0.4 is 0 Å². The molecule has 1 aliphatic heterocycles. The number of carbonyl (C=O) groups is 1. The lowest BCUT2D eigenvalue weighted by Gasteiger charge is -2.28. The van der Waals surface area contributed by atoms with E-state index >= 15 is 0 Å². The van der Waals surface area contributed by atoms with Crippen LogP contribution in [0.3, 0.4) is 0 Å². The van der Waals surface area contributed by atoms with Gasteiger partial charge in [0.2, 0.25) is 0 Å². The number of morpholine rings is 1. The van der Waals surface area contributed by atoms with Gasteiger partial charge in [0.25, 0.3) is 0 Å². The Hall–Kier alpha value is -1.65. The van der Waals surface area contributed by atoms with E-state index in [1.54, 1.807) is 6.08 Å². The molecule has 0 radical (unpaired) electrons. The van der Waals surface area contributed by atoms with Gasteiger partial charge in [-0.3, -0.25) is 4.90 Å². The highest BCUT2D eigenvalue weighted by atomic mass is 16.5. The van der Waals surface area contributed by atoms with Gasteiger partial charge in [-0.1, -0.05) is 30.3 Å². The van der Waals surface area contributed by atoms with E-state index in [0.29, 0.717) is 0 Å². The molecule has 1 heterocycles. The Morgan fingerprint density at radius 3 is 2.75 bits per heavy atom. The van der Waals surface area contributed by atoms with E-state index < -0.39 is 0 Å². The van der Waals surface area contributed by atoms with Gasteiger partial charge < -0.3 is 9.47 Å². The summed E-state index contributed by atoms with van der Waals surface area (Å²) in [6.07, 6.45) is 3.13. The molecule has 2 rings (SSSR count). The molecule has 0 N–H and O–H groups in total. The lowest BCUT2D eigenvalue weighted by molar-refractivity contribution is -0.143. The molecule has 4 nitrogen and oxygen atoms in total. The van der Waals surface area contributed by atoms with Crippen molar-refractivity contribution < 1.29 is 14.3 Å². The standard InChI is InChI=1S/C16H21NO3/c1-14(13-17-9-11-19-12-10-17)20-16(18)8-7-15-5-3-2-4-6-15/h2-8,14H,9-13H2,1H3/b8-7+/t14-/m1/s1. The Morgan fingerprint density at radius 2 is 2.05 bits per heavy atom. The van der Waals surface area contributed by atoms with E-state index in [1.807, 2.05) is 37.3 Å². The summed E-state index contributed by atoms with van der Waals surface area (Å²) in [5.41, 5.74) is 0.991. The molecule has 0 unspecified atom stereocenters. The minimum absolute atomic E-state index is 0.110. The average Bonchev–Trinajstić information content (AvgIpc) is 2.47. The third kappa shape index (κ3) is 5.15. The van der Waals surface area contributed by atoms with E-state index in [2.05, 4.69) is 4.90 Å². The van der Waals surface area contributed by atoms with E-state index in [0.717, 1.165) is 38.4 Å². The Kier molecular flexibility index (Phi) is 5.77. The topological polar surface area (TPSA) is 38.8 Å². The quantitative estimate of drug-likeness (QED) is 0.608. The summed E-state index contributed by atoms with van der Waals surface area (Å²) in [7, 11) is 0. The largest absolute Gasteiger partial charge is 0.458 e. The molecule has 0 saturated carbocycles. The SMILES string of the molecule is C[C@H](CN1CCOCC1)OC(=O)/C=C/c1ccccc1. The summed E-state index contributed by atoms with van der Waals surface area (Å²) in [5.74, 6) is -0.297. The molecule has 1 saturated heterocycles. The maximum Gasteiger partial charge on any atom is 0.331 e. The number of ether oxygens (including phenoxy) is 2. The molecule has 0 spiro atoms. The van der Waals surface area contributed by atoms with E-state index in [-0.39, 0.29) is 12.1 Å². The van der Waals surface area contributed by atoms with Gasteiger partial charge in [-0.05, 0) is 18.6 Å². The van der Waals surface area contributed by atoms with Crippen LogP contribution in [0.1, 0.15) is 12.5 Å². The van der Waals surface area contributed by atoms with Crippen LogP contribution in [-0.4, -0.2) is 49.8 Å². The number of hydrogen-bond acceptors (Lipinski definition) is 4. The molecule has 20 heavy (non-hydrogen) atoms. The van der Waals surface area contributed by atoms with Gasteiger partial charge in [-0.2, -0.15) is 0 Å². The number of benzene rings is 1. The zero-order valence-electron chi connectivity index (χ0n) is 11.8. The monoisotopic (exact) mass is 275 g/mol. The summed E-state index contributed by atoms with van der Waals surface area (Å²) < 4.78 is 10.7. The van der Waals surface area contributed by atoms with Crippen molar-refractivity contribution in [3.63, 3.8) is 0 Å². The second-order valence-electron chi connectivity index (χ2n) is 4.90. The van der Waals surface area contributed by atoms with Crippen molar-refractivity contribution in [1.29, 1.82) is 0 Å². The molecule has 1 aromatic rings. The third-order valence-corrected chi connectivity index (χ3v) is 3.15. The second-order valence-corrected chi connectivity index (χ2v) is 4.90. The molecule has 0 bridgehead atoms. The minimum atomic E-state index is -0.297. The van der Waals surface area contributed by atoms with Crippen LogP contribution in [0.2, 0.25) is 0 Å². The van der Waals surface area contributed by atoms with Crippen LogP contribution in [-0.2, 0) is 14.3 Å². The van der Waals surface area contributed by atoms with Gasteiger partial charge in [0, 0.05) is 25.7 Å². The van der Waals surface area contributed by atoms with Gasteiger partial charge in [0.05, 0.1) is 13.2 Å². The van der Waals surface area contributed by atoms with Crippen molar-refractivity contribution in [3.05, 3.63) is 42.0 Å². The lowest BCUT2D eigenvalue weighted by atomic mass is 10.2. The predicted molar refractivity (Wildman–Crippen MR) is 78.3 cm³/mol. The Bertz CT molecular complexity index is 438. The highest BCUT2D eigenvalue weighted by Gasteiger charge is 2.15. The zero-order chi connectivity index (χ0) is 14.2. The first-order chi connectivity index (χ1) is 9.74. The molecule has 0 aromatic heterocycles. The average molecular weight is 275 g/mol. The van der Waals surface area contributed by atoms with Crippen LogP contribution in [0.25, 0.3) is 6.08 Å². The van der Waals surface area contributed by atoms with Crippen LogP contribution >= 0.6 is 0 Å². The summed E-state index contributed by atoms with van der Waals surface area (Å²) in [5, 5.41) is 0. The Morgan fingerprint density at radius 1 is 1.35 bits per heavy atom. The molecule has 108 valence electrons. The number of hydrogen-bond donors (Lipinski definition) is 0. The van der Waals surface area contributed by atoms with Crippen molar-refractivity contribution in [2.75, 3.05) is 32.8 Å². The smallest absolute Gasteiger partial charge is 0.331 e. The molecular weight excluding hydrogens is 254 g/mol. The molecule has 1 fully saturated rings. The normalized spacial score (nSPS) is 18.1. The predicted octanol–water partition coefficient (Wildman–Crippen LogP) is 1.96. The van der Waals surface area contributed by atoms with Crippen LogP contribution in [0.15, 0.2) is 36.4 Å². The van der Waals surface area contributed by atoms with Crippen molar-refractivity contribution >= 4 is 12.0 Å². The Balaban J connectivity index is 1.74. The molecule has 1 atom stereocenters. The van der Waals surface area contributed by atoms with E-state index in [9.17, 15) is 4.79 Å². The summed E-state index contributed by atoms with van der Waals surface area (Å²) in [4.78, 5) is 14.0. The van der Waals surface area contributed by atoms with Crippen molar-refractivity contribution in [2.24, 2.45) is 0 Å². The van der Waals surface area contributed by atoms with Gasteiger partial charge in [0.15, 0.2) is 0 Å². The first-order valence-electron chi connectivity index (χ1n) is 6.98. The molecule has 0 amide bonds. The number of nitrogens with zero attached hydrogens (tertiary/aromatic N) is 1. The fourth-order valence-corrected chi connectivity index (χ4v) is 2.15. The van der Waals surface area contributed by atoms with Crippen molar-refractivity contribution in [1.82, 2.24) is 4.90 Å². The minimum Gasteiger partial charge on any atom is -0.458 e. The third-order valence-electron chi connectivity index (χ3n) is 3.15. The first kappa shape index (κ1) is 14.8. The number of esters is 1. The maximum absolute atomic E-state index is 11.7. The van der Waals surface area contributed by atoms with E-state index in [1.165, 1.54) is 6.08 Å². The molecule has 1 aliphatic rings. The molecule has 0 aliphatic carbocycles. The summed E-state index contributed by atoms with van der Waals surface area (Å²) >= 11 is 0. The highest BCUT2D eigenvalue weighted by Crippen LogP contribution is 2.04. The Labute approximate surface area is 120 Å².